The van der Waals surface area contributed by atoms with Gasteiger partial charge in [-0.05, 0) is 41.5 Å². The van der Waals surface area contributed by atoms with Crippen molar-refractivity contribution < 1.29 is 9.90 Å². The number of halogens is 2. The van der Waals surface area contributed by atoms with E-state index in [0.717, 1.165) is 11.1 Å². The number of phenolic OH excluding ortho intramolecular Hbond substituents is 1. The molecule has 0 spiro atoms. The molecule has 0 aliphatic heterocycles. The Morgan fingerprint density at radius 2 is 1.64 bits per heavy atom. The van der Waals surface area contributed by atoms with Crippen molar-refractivity contribution in [3.8, 4) is 22.9 Å². The molecule has 0 aliphatic carbocycles. The highest BCUT2D eigenvalue weighted by Crippen LogP contribution is 2.25. The number of carbonyl (C=O) groups excluding carboxylic acids is 1. The number of rotatable bonds is 2. The van der Waals surface area contributed by atoms with Crippen molar-refractivity contribution in [2.24, 2.45) is 0 Å². The van der Waals surface area contributed by atoms with E-state index < -0.39 is 0 Å². The summed E-state index contributed by atoms with van der Waals surface area (Å²) in [5.74, 6) is 0.0267. The summed E-state index contributed by atoms with van der Waals surface area (Å²) in [5.41, 5.74) is 2.70. The van der Waals surface area contributed by atoms with Gasteiger partial charge in [0, 0.05) is 10.6 Å². The maximum absolute atomic E-state index is 10.2. The first kappa shape index (κ1) is 18.5. The van der Waals surface area contributed by atoms with E-state index in [1.807, 2.05) is 42.5 Å². The quantitative estimate of drug-likeness (QED) is 0.586. The number of hydrogen-bond donors (Lipinski definition) is 1. The van der Waals surface area contributed by atoms with Crippen LogP contribution in [0.5, 0.6) is 5.75 Å². The third-order valence-corrected chi connectivity index (χ3v) is 3.88. The Labute approximate surface area is 155 Å². The van der Waals surface area contributed by atoms with E-state index >= 15 is 0 Å². The van der Waals surface area contributed by atoms with E-state index in [2.05, 4.69) is 0 Å². The van der Waals surface area contributed by atoms with E-state index in [1.54, 1.807) is 24.3 Å². The second-order valence-electron chi connectivity index (χ2n) is 4.99. The summed E-state index contributed by atoms with van der Waals surface area (Å²) < 4.78 is 0. The van der Waals surface area contributed by atoms with Gasteiger partial charge in [0.2, 0.25) is 0 Å². The Kier molecular flexibility index (Phi) is 6.59. The molecule has 0 heterocycles. The zero-order valence-corrected chi connectivity index (χ0v) is 14.5. The number of nitrogens with zero attached hydrogens (tertiary/aromatic N) is 1. The lowest BCUT2D eigenvalue weighted by molar-refractivity contribution is 0.112. The topological polar surface area (TPSA) is 61.1 Å². The average Bonchev–Trinajstić information content (AvgIpc) is 2.63. The summed E-state index contributed by atoms with van der Waals surface area (Å²) in [4.78, 5) is 10.2. The van der Waals surface area contributed by atoms with Gasteiger partial charge < -0.3 is 5.11 Å². The molecule has 3 aromatic carbocycles. The monoisotopic (exact) mass is 369 g/mol. The van der Waals surface area contributed by atoms with Crippen LogP contribution in [0.15, 0.2) is 66.7 Å². The Hall–Kier alpha value is -2.80. The molecule has 1 N–H and O–H groups in total. The van der Waals surface area contributed by atoms with Crippen LogP contribution in [0.1, 0.15) is 15.9 Å². The Bertz CT molecular complexity index is 919. The first-order valence-electron chi connectivity index (χ1n) is 7.24. The molecule has 0 aromatic heterocycles. The number of phenols is 1. The maximum Gasteiger partial charge on any atom is 0.151 e. The second kappa shape index (κ2) is 8.89. The fourth-order valence-corrected chi connectivity index (χ4v) is 2.49. The molecular weight excluding hydrogens is 357 g/mol. The molecule has 0 saturated heterocycles. The minimum atomic E-state index is 0.0267. The van der Waals surface area contributed by atoms with Crippen LogP contribution in [0.2, 0.25) is 10.0 Å². The number of hydrogen-bond acceptors (Lipinski definition) is 3. The molecular formula is C20H13Cl2NO2. The molecule has 3 nitrogen and oxygen atoms in total. The lowest BCUT2D eigenvalue weighted by Gasteiger charge is -2.02. The van der Waals surface area contributed by atoms with Crippen LogP contribution in [0.25, 0.3) is 11.1 Å². The standard InChI is InChI=1S/C13H9NO.C7H4Cl2O/c14-9-12-7-6-11(8-13(12)15)10-4-2-1-3-5-10;8-6-2-1-5(4-10)7(9)3-6/h1-8,15H;1-4H. The van der Waals surface area contributed by atoms with Gasteiger partial charge in [0.25, 0.3) is 0 Å². The highest BCUT2D eigenvalue weighted by Gasteiger charge is 2.02. The van der Waals surface area contributed by atoms with Crippen LogP contribution in [0.3, 0.4) is 0 Å². The smallest absolute Gasteiger partial charge is 0.151 e. The van der Waals surface area contributed by atoms with Crippen LogP contribution in [0.4, 0.5) is 0 Å². The molecule has 0 saturated carbocycles. The van der Waals surface area contributed by atoms with Crippen molar-refractivity contribution in [1.29, 1.82) is 5.26 Å². The van der Waals surface area contributed by atoms with Gasteiger partial charge in [0.15, 0.2) is 6.29 Å². The zero-order valence-electron chi connectivity index (χ0n) is 13.0. The number of benzene rings is 3. The largest absolute Gasteiger partial charge is 0.507 e. The van der Waals surface area contributed by atoms with Gasteiger partial charge in [-0.3, -0.25) is 4.79 Å². The molecule has 0 radical (unpaired) electrons. The number of nitriles is 1. The van der Waals surface area contributed by atoms with Crippen LogP contribution in [-0.4, -0.2) is 11.4 Å². The van der Waals surface area contributed by atoms with Gasteiger partial charge in [-0.15, -0.1) is 0 Å². The molecule has 3 aromatic rings. The molecule has 3 rings (SSSR count). The molecule has 0 amide bonds. The molecule has 0 bridgehead atoms. The number of carbonyl (C=O) groups is 1. The summed E-state index contributed by atoms with van der Waals surface area (Å²) in [6.07, 6.45) is 0.693. The lowest BCUT2D eigenvalue weighted by Crippen LogP contribution is -1.80. The van der Waals surface area contributed by atoms with Crippen molar-refractivity contribution in [3.63, 3.8) is 0 Å². The summed E-state index contributed by atoms with van der Waals surface area (Å²) in [6.45, 7) is 0. The van der Waals surface area contributed by atoms with Gasteiger partial charge in [-0.25, -0.2) is 0 Å². The minimum absolute atomic E-state index is 0.0267. The van der Waals surface area contributed by atoms with Crippen LogP contribution in [0, 0.1) is 11.3 Å². The summed E-state index contributed by atoms with van der Waals surface area (Å²) in [6, 6.07) is 21.4. The van der Waals surface area contributed by atoms with E-state index in [1.165, 1.54) is 6.07 Å². The van der Waals surface area contributed by atoms with Crippen LogP contribution in [-0.2, 0) is 0 Å². The molecule has 0 unspecified atom stereocenters. The van der Waals surface area contributed by atoms with Gasteiger partial charge in [0.1, 0.15) is 11.8 Å². The molecule has 25 heavy (non-hydrogen) atoms. The van der Waals surface area contributed by atoms with E-state index in [4.69, 9.17) is 28.5 Å². The minimum Gasteiger partial charge on any atom is -0.507 e. The fraction of sp³-hybridized carbons (Fsp3) is 0. The van der Waals surface area contributed by atoms with Crippen molar-refractivity contribution in [2.75, 3.05) is 0 Å². The van der Waals surface area contributed by atoms with Gasteiger partial charge in [-0.1, -0.05) is 59.6 Å². The van der Waals surface area contributed by atoms with Crippen molar-refractivity contribution in [3.05, 3.63) is 87.9 Å². The first-order chi connectivity index (χ1) is 12.0. The van der Waals surface area contributed by atoms with Gasteiger partial charge >= 0.3 is 0 Å². The van der Waals surface area contributed by atoms with E-state index in [0.29, 0.717) is 27.5 Å². The fourth-order valence-electron chi connectivity index (χ4n) is 2.03. The maximum atomic E-state index is 10.2. The van der Waals surface area contributed by atoms with E-state index in [9.17, 15) is 9.90 Å². The molecule has 0 fully saturated rings. The Morgan fingerprint density at radius 3 is 2.20 bits per heavy atom. The highest BCUT2D eigenvalue weighted by atomic mass is 35.5. The number of aromatic hydroxyl groups is 1. The van der Waals surface area contributed by atoms with Crippen molar-refractivity contribution in [1.82, 2.24) is 0 Å². The predicted octanol–water partition coefficient (Wildman–Crippen LogP) is 5.74. The first-order valence-corrected chi connectivity index (χ1v) is 7.99. The van der Waals surface area contributed by atoms with Crippen LogP contribution >= 0.6 is 23.2 Å². The third-order valence-electron chi connectivity index (χ3n) is 3.31. The molecule has 124 valence electrons. The van der Waals surface area contributed by atoms with E-state index in [-0.39, 0.29) is 5.75 Å². The molecule has 5 heteroatoms. The molecule has 0 aliphatic rings. The lowest BCUT2D eigenvalue weighted by atomic mass is 10.0. The molecule has 0 atom stereocenters. The Morgan fingerprint density at radius 1 is 0.920 bits per heavy atom. The summed E-state index contributed by atoms with van der Waals surface area (Å²) >= 11 is 11.2. The third kappa shape index (κ3) is 5.09. The SMILES string of the molecule is N#Cc1ccc(-c2ccccc2)cc1O.O=Cc1ccc(Cl)cc1Cl. The van der Waals surface area contributed by atoms with Crippen LogP contribution < -0.4 is 0 Å². The van der Waals surface area contributed by atoms with Crippen molar-refractivity contribution in [2.45, 2.75) is 0 Å². The predicted molar refractivity (Wildman–Crippen MR) is 100 cm³/mol. The zero-order chi connectivity index (χ0) is 18.2. The van der Waals surface area contributed by atoms with Gasteiger partial charge in [-0.2, -0.15) is 5.26 Å². The normalized spacial score (nSPS) is 9.48. The Balaban J connectivity index is 0.000000196. The van der Waals surface area contributed by atoms with Crippen molar-refractivity contribution >= 4 is 29.5 Å². The summed E-state index contributed by atoms with van der Waals surface area (Å²) in [5, 5.41) is 19.1. The van der Waals surface area contributed by atoms with Gasteiger partial charge in [0.05, 0.1) is 10.6 Å². The second-order valence-corrected chi connectivity index (χ2v) is 5.84. The average molecular weight is 370 g/mol. The summed E-state index contributed by atoms with van der Waals surface area (Å²) in [7, 11) is 0. The highest BCUT2D eigenvalue weighted by molar-refractivity contribution is 6.36. The number of aldehydes is 1.